The van der Waals surface area contributed by atoms with Crippen LogP contribution in [0, 0.1) is 5.82 Å². The fourth-order valence-corrected chi connectivity index (χ4v) is 2.58. The monoisotopic (exact) mass is 407 g/mol. The van der Waals surface area contributed by atoms with Crippen LogP contribution in [0.5, 0.6) is 0 Å². The van der Waals surface area contributed by atoms with Gasteiger partial charge in [0.1, 0.15) is 5.82 Å². The van der Waals surface area contributed by atoms with Crippen molar-refractivity contribution in [2.24, 2.45) is 0 Å². The first-order valence-corrected chi connectivity index (χ1v) is 8.72. The minimum Gasteiger partial charge on any atom is -0.455 e. The number of hydrogen-bond donors (Lipinski definition) is 1. The molecule has 0 unspecified atom stereocenters. The molecule has 25 heavy (non-hydrogen) atoms. The van der Waals surface area contributed by atoms with Gasteiger partial charge >= 0.3 is 5.97 Å². The Hall–Kier alpha value is -2.21. The summed E-state index contributed by atoms with van der Waals surface area (Å²) in [5.74, 6) is -1.25. The van der Waals surface area contributed by atoms with Crippen molar-refractivity contribution >= 4 is 27.8 Å². The van der Waals surface area contributed by atoms with Crippen LogP contribution >= 0.6 is 15.9 Å². The molecule has 0 bridgehead atoms. The SMILES string of the molecule is CC[C@@H](NC(=O)COC(=O)Cc1ccc(F)cc1)c1ccc(Br)cc1. The standard InChI is InChI=1S/C19H19BrFNO3/c1-2-17(14-5-7-15(20)8-6-14)22-18(23)12-25-19(24)11-13-3-9-16(21)10-4-13/h3-10,17H,2,11-12H2,1H3,(H,22,23)/t17-/m1/s1. The van der Waals surface area contributed by atoms with Crippen molar-refractivity contribution in [1.82, 2.24) is 5.32 Å². The van der Waals surface area contributed by atoms with Gasteiger partial charge in [-0.25, -0.2) is 4.39 Å². The molecule has 4 nitrogen and oxygen atoms in total. The van der Waals surface area contributed by atoms with Crippen LogP contribution in [-0.4, -0.2) is 18.5 Å². The summed E-state index contributed by atoms with van der Waals surface area (Å²) in [4.78, 5) is 23.8. The summed E-state index contributed by atoms with van der Waals surface area (Å²) in [6, 6.07) is 13.1. The molecular weight excluding hydrogens is 389 g/mol. The molecule has 0 aliphatic rings. The molecule has 132 valence electrons. The molecule has 1 N–H and O–H groups in total. The van der Waals surface area contributed by atoms with Gasteiger partial charge in [0.05, 0.1) is 12.5 Å². The molecule has 0 saturated heterocycles. The van der Waals surface area contributed by atoms with Crippen LogP contribution < -0.4 is 5.32 Å². The molecule has 2 rings (SSSR count). The zero-order valence-electron chi connectivity index (χ0n) is 13.8. The van der Waals surface area contributed by atoms with Crippen molar-refractivity contribution in [1.29, 1.82) is 0 Å². The lowest BCUT2D eigenvalue weighted by atomic mass is 10.0. The van der Waals surface area contributed by atoms with Crippen molar-refractivity contribution in [3.8, 4) is 0 Å². The third-order valence-electron chi connectivity index (χ3n) is 3.64. The summed E-state index contributed by atoms with van der Waals surface area (Å²) in [7, 11) is 0. The van der Waals surface area contributed by atoms with Crippen LogP contribution in [0.25, 0.3) is 0 Å². The molecular formula is C19H19BrFNO3. The lowest BCUT2D eigenvalue weighted by molar-refractivity contribution is -0.148. The number of amides is 1. The van der Waals surface area contributed by atoms with E-state index in [1.54, 1.807) is 0 Å². The molecule has 1 atom stereocenters. The van der Waals surface area contributed by atoms with Crippen LogP contribution in [-0.2, 0) is 20.7 Å². The number of esters is 1. The predicted molar refractivity (Wildman–Crippen MR) is 96.4 cm³/mol. The Bertz CT molecular complexity index is 716. The van der Waals surface area contributed by atoms with Crippen LogP contribution in [0.1, 0.15) is 30.5 Å². The third-order valence-corrected chi connectivity index (χ3v) is 4.17. The average molecular weight is 408 g/mol. The van der Waals surface area contributed by atoms with Crippen molar-refractivity contribution < 1.29 is 18.7 Å². The molecule has 0 spiro atoms. The van der Waals surface area contributed by atoms with E-state index in [9.17, 15) is 14.0 Å². The van der Waals surface area contributed by atoms with Gasteiger partial charge in [0.15, 0.2) is 6.61 Å². The molecule has 0 aliphatic carbocycles. The molecule has 0 radical (unpaired) electrons. The highest BCUT2D eigenvalue weighted by Gasteiger charge is 2.14. The number of hydrogen-bond acceptors (Lipinski definition) is 3. The Morgan fingerprint density at radius 3 is 2.36 bits per heavy atom. The molecule has 0 aromatic heterocycles. The number of halogens is 2. The summed E-state index contributed by atoms with van der Waals surface area (Å²) < 4.78 is 18.8. The fraction of sp³-hybridized carbons (Fsp3) is 0.263. The van der Waals surface area contributed by atoms with Gasteiger partial charge in [0, 0.05) is 4.47 Å². The van der Waals surface area contributed by atoms with Crippen LogP contribution in [0.3, 0.4) is 0 Å². The first-order chi connectivity index (χ1) is 12.0. The van der Waals surface area contributed by atoms with Gasteiger partial charge in [-0.15, -0.1) is 0 Å². The van der Waals surface area contributed by atoms with Crippen molar-refractivity contribution in [2.75, 3.05) is 6.61 Å². The Balaban J connectivity index is 1.81. The second kappa shape index (κ2) is 9.32. The third kappa shape index (κ3) is 6.31. The van der Waals surface area contributed by atoms with Crippen molar-refractivity contribution in [2.45, 2.75) is 25.8 Å². The van der Waals surface area contributed by atoms with Crippen LogP contribution in [0.15, 0.2) is 53.0 Å². The molecule has 1 amide bonds. The van der Waals surface area contributed by atoms with E-state index in [1.165, 1.54) is 24.3 Å². The van der Waals surface area contributed by atoms with Crippen molar-refractivity contribution in [3.05, 3.63) is 69.9 Å². The van der Waals surface area contributed by atoms with Crippen molar-refractivity contribution in [3.63, 3.8) is 0 Å². The summed E-state index contributed by atoms with van der Waals surface area (Å²) >= 11 is 3.37. The number of ether oxygens (including phenoxy) is 1. The second-order valence-electron chi connectivity index (χ2n) is 5.54. The smallest absolute Gasteiger partial charge is 0.310 e. The Morgan fingerprint density at radius 2 is 1.76 bits per heavy atom. The zero-order valence-corrected chi connectivity index (χ0v) is 15.4. The largest absolute Gasteiger partial charge is 0.455 e. The topological polar surface area (TPSA) is 55.4 Å². The number of carbonyl (C=O) groups is 2. The second-order valence-corrected chi connectivity index (χ2v) is 6.46. The minimum atomic E-state index is -0.529. The number of carbonyl (C=O) groups excluding carboxylic acids is 2. The van der Waals surface area contributed by atoms with Crippen LogP contribution in [0.4, 0.5) is 4.39 Å². The maximum Gasteiger partial charge on any atom is 0.310 e. The number of benzene rings is 2. The van der Waals surface area contributed by atoms with Gasteiger partial charge in [-0.2, -0.15) is 0 Å². The highest BCUT2D eigenvalue weighted by molar-refractivity contribution is 9.10. The molecule has 0 saturated carbocycles. The minimum absolute atomic E-state index is 0.00250. The molecule has 6 heteroatoms. The van der Waals surface area contributed by atoms with Gasteiger partial charge in [0.2, 0.25) is 0 Å². The Morgan fingerprint density at radius 1 is 1.12 bits per heavy atom. The zero-order chi connectivity index (χ0) is 18.2. The first kappa shape index (κ1) is 19.1. The maximum absolute atomic E-state index is 12.8. The van der Waals surface area contributed by atoms with E-state index in [1.807, 2.05) is 31.2 Å². The summed E-state index contributed by atoms with van der Waals surface area (Å²) in [6.07, 6.45) is 0.717. The molecule has 2 aromatic carbocycles. The van der Waals surface area contributed by atoms with Gasteiger partial charge in [-0.1, -0.05) is 47.1 Å². The highest BCUT2D eigenvalue weighted by atomic mass is 79.9. The van der Waals surface area contributed by atoms with E-state index in [0.717, 1.165) is 16.5 Å². The average Bonchev–Trinajstić information content (AvgIpc) is 2.61. The van der Waals surface area contributed by atoms with Gasteiger partial charge in [-0.3, -0.25) is 9.59 Å². The van der Waals surface area contributed by atoms with E-state index >= 15 is 0 Å². The van der Waals surface area contributed by atoms with Gasteiger partial charge in [0.25, 0.3) is 5.91 Å². The van der Waals surface area contributed by atoms with Gasteiger partial charge in [-0.05, 0) is 41.8 Å². The van der Waals surface area contributed by atoms with E-state index in [-0.39, 0.29) is 30.8 Å². The molecule has 0 aliphatic heterocycles. The first-order valence-electron chi connectivity index (χ1n) is 7.93. The summed E-state index contributed by atoms with van der Waals surface area (Å²) in [5, 5.41) is 2.85. The predicted octanol–water partition coefficient (Wildman–Crippen LogP) is 3.94. The van der Waals surface area contributed by atoms with E-state index < -0.39 is 5.97 Å². The molecule has 0 fully saturated rings. The van der Waals surface area contributed by atoms with Gasteiger partial charge < -0.3 is 10.1 Å². The molecule has 2 aromatic rings. The van der Waals surface area contributed by atoms with E-state index in [0.29, 0.717) is 5.56 Å². The fourth-order valence-electron chi connectivity index (χ4n) is 2.32. The lowest BCUT2D eigenvalue weighted by Gasteiger charge is -2.17. The van der Waals surface area contributed by atoms with E-state index in [2.05, 4.69) is 21.2 Å². The molecule has 0 heterocycles. The normalized spacial score (nSPS) is 11.6. The highest BCUT2D eigenvalue weighted by Crippen LogP contribution is 2.19. The summed E-state index contributed by atoms with van der Waals surface area (Å²) in [5.41, 5.74) is 1.62. The van der Waals surface area contributed by atoms with Crippen LogP contribution in [0.2, 0.25) is 0 Å². The lowest BCUT2D eigenvalue weighted by Crippen LogP contribution is -2.32. The Kier molecular flexibility index (Phi) is 7.13. The Labute approximate surface area is 154 Å². The number of nitrogens with one attached hydrogen (secondary N) is 1. The van der Waals surface area contributed by atoms with E-state index in [4.69, 9.17) is 4.74 Å². The number of rotatable bonds is 7. The quantitative estimate of drug-likeness (QED) is 0.707. The summed E-state index contributed by atoms with van der Waals surface area (Å²) in [6.45, 7) is 1.63. The maximum atomic E-state index is 12.8.